The lowest BCUT2D eigenvalue weighted by Gasteiger charge is -2.60. The van der Waals surface area contributed by atoms with Crippen LogP contribution in [0.1, 0.15) is 52.4 Å². The van der Waals surface area contributed by atoms with Gasteiger partial charge in [0.25, 0.3) is 0 Å². The fourth-order valence-corrected chi connectivity index (χ4v) is 7.36. The Morgan fingerprint density at radius 3 is 2.73 bits per heavy atom. The maximum absolute atomic E-state index is 12.4. The smallest absolute Gasteiger partial charge is 0.307 e. The van der Waals surface area contributed by atoms with Gasteiger partial charge in [0.15, 0.2) is 0 Å². The summed E-state index contributed by atoms with van der Waals surface area (Å²) in [5.41, 5.74) is -0.0479. The van der Waals surface area contributed by atoms with Gasteiger partial charge >= 0.3 is 5.97 Å². The number of amides is 1. The zero-order chi connectivity index (χ0) is 18.7. The number of aliphatic carboxylic acids is 1. The van der Waals surface area contributed by atoms with Gasteiger partial charge in [-0.2, -0.15) is 0 Å². The maximum atomic E-state index is 12.4. The molecule has 0 unspecified atom stereocenters. The molecule has 0 spiro atoms. The van der Waals surface area contributed by atoms with E-state index in [4.69, 9.17) is 0 Å². The minimum absolute atomic E-state index is 0.00246. The Morgan fingerprint density at radius 2 is 2.04 bits per heavy atom. The van der Waals surface area contributed by atoms with Gasteiger partial charge in [-0.3, -0.25) is 9.59 Å². The number of rotatable bonds is 3. The highest BCUT2D eigenvalue weighted by Gasteiger charge is 2.61. The van der Waals surface area contributed by atoms with E-state index in [0.29, 0.717) is 24.3 Å². The largest absolute Gasteiger partial charge is 0.481 e. The molecule has 3 aliphatic carbocycles. The molecule has 4 heteroatoms. The van der Waals surface area contributed by atoms with Crippen LogP contribution in [-0.4, -0.2) is 34.5 Å². The van der Waals surface area contributed by atoms with E-state index in [9.17, 15) is 14.7 Å². The highest BCUT2D eigenvalue weighted by atomic mass is 16.4. The van der Waals surface area contributed by atoms with Gasteiger partial charge in [-0.25, -0.2) is 0 Å². The molecule has 0 aromatic heterocycles. The van der Waals surface area contributed by atoms with Gasteiger partial charge in [0.05, 0.1) is 5.92 Å². The van der Waals surface area contributed by atoms with Crippen molar-refractivity contribution in [3.8, 4) is 0 Å². The zero-order valence-corrected chi connectivity index (χ0v) is 16.0. The lowest BCUT2D eigenvalue weighted by atomic mass is 9.47. The number of carboxylic acid groups (broad SMARTS) is 1. The van der Waals surface area contributed by atoms with Gasteiger partial charge in [-0.15, -0.1) is 6.58 Å². The summed E-state index contributed by atoms with van der Waals surface area (Å²) in [6.07, 6.45) is 11.9. The molecule has 0 radical (unpaired) electrons. The Hall–Kier alpha value is -1.58. The average molecular weight is 357 g/mol. The molecular weight excluding hydrogens is 326 g/mol. The molecule has 142 valence electrons. The van der Waals surface area contributed by atoms with Crippen LogP contribution in [0.2, 0.25) is 0 Å². The van der Waals surface area contributed by atoms with Crippen LogP contribution in [0.15, 0.2) is 24.8 Å². The van der Waals surface area contributed by atoms with E-state index in [1.54, 1.807) is 6.08 Å². The molecule has 1 amide bonds. The fourth-order valence-electron chi connectivity index (χ4n) is 7.36. The van der Waals surface area contributed by atoms with E-state index in [2.05, 4.69) is 26.5 Å². The van der Waals surface area contributed by atoms with Crippen molar-refractivity contribution >= 4 is 11.9 Å². The Kier molecular flexibility index (Phi) is 4.09. The van der Waals surface area contributed by atoms with Crippen molar-refractivity contribution in [3.63, 3.8) is 0 Å². The van der Waals surface area contributed by atoms with Crippen LogP contribution < -0.4 is 0 Å². The first-order chi connectivity index (χ1) is 12.3. The van der Waals surface area contributed by atoms with Crippen molar-refractivity contribution < 1.29 is 14.7 Å². The molecule has 4 nitrogen and oxygen atoms in total. The zero-order valence-electron chi connectivity index (χ0n) is 16.0. The van der Waals surface area contributed by atoms with Crippen molar-refractivity contribution in [1.29, 1.82) is 0 Å². The molecule has 4 aliphatic rings. The summed E-state index contributed by atoms with van der Waals surface area (Å²) in [6, 6.07) is 0.250. The molecule has 1 N–H and O–H groups in total. The first-order valence-corrected chi connectivity index (χ1v) is 10.2. The second kappa shape index (κ2) is 5.97. The third-order valence-corrected chi connectivity index (χ3v) is 8.60. The average Bonchev–Trinajstić information content (AvgIpc) is 2.95. The predicted octanol–water partition coefficient (Wildman–Crippen LogP) is 3.88. The van der Waals surface area contributed by atoms with E-state index >= 15 is 0 Å². The van der Waals surface area contributed by atoms with Crippen LogP contribution in [0.3, 0.4) is 0 Å². The third-order valence-electron chi connectivity index (χ3n) is 8.60. The van der Waals surface area contributed by atoms with E-state index in [-0.39, 0.29) is 28.7 Å². The molecule has 26 heavy (non-hydrogen) atoms. The Balaban J connectivity index is 1.66. The van der Waals surface area contributed by atoms with Crippen molar-refractivity contribution in [2.75, 3.05) is 6.54 Å². The minimum atomic E-state index is -0.603. The third kappa shape index (κ3) is 2.26. The molecule has 0 saturated heterocycles. The van der Waals surface area contributed by atoms with Crippen LogP contribution in [-0.2, 0) is 9.59 Å². The Bertz CT molecular complexity index is 670. The van der Waals surface area contributed by atoms with Gasteiger partial charge in [0.2, 0.25) is 5.91 Å². The molecule has 0 aromatic carbocycles. The summed E-state index contributed by atoms with van der Waals surface area (Å²) >= 11 is 0. The number of hydrogen-bond donors (Lipinski definition) is 1. The molecule has 7 atom stereocenters. The summed E-state index contributed by atoms with van der Waals surface area (Å²) in [6.45, 7) is 9.02. The molecule has 4 rings (SSSR count). The van der Waals surface area contributed by atoms with E-state index in [0.717, 1.165) is 38.5 Å². The quantitative estimate of drug-likeness (QED) is 0.780. The van der Waals surface area contributed by atoms with Crippen molar-refractivity contribution in [1.82, 2.24) is 4.90 Å². The molecule has 1 heterocycles. The first-order valence-electron chi connectivity index (χ1n) is 10.2. The normalized spacial score (nSPS) is 47.1. The van der Waals surface area contributed by atoms with Crippen molar-refractivity contribution in [2.45, 2.75) is 58.4 Å². The second-order valence-corrected chi connectivity index (χ2v) is 9.46. The van der Waals surface area contributed by atoms with E-state index in [1.165, 1.54) is 0 Å². The molecule has 3 fully saturated rings. The summed E-state index contributed by atoms with van der Waals surface area (Å²) in [5, 5.41) is 9.71. The number of carbonyl (C=O) groups excluding carboxylic acids is 1. The van der Waals surface area contributed by atoms with Gasteiger partial charge in [-0.05, 0) is 67.8 Å². The van der Waals surface area contributed by atoms with Crippen molar-refractivity contribution in [3.05, 3.63) is 24.8 Å². The summed E-state index contributed by atoms with van der Waals surface area (Å²) in [4.78, 5) is 26.2. The standard InChI is InChI=1S/C22H31NO3/c1-4-13-23-18-8-5-14-15-6-7-17(20(25)26)21(15,2)11-9-16(14)22(18,3)12-10-19(23)24/h4,10,12,14-18H,1,5-9,11,13H2,2-3H3,(H,25,26)/t14-,15-,16-,17+,18+,21-,22+/m0/s1. The van der Waals surface area contributed by atoms with E-state index in [1.807, 2.05) is 11.0 Å². The van der Waals surface area contributed by atoms with Crippen LogP contribution in [0, 0.1) is 34.5 Å². The molecular formula is C22H31NO3. The molecule has 3 saturated carbocycles. The van der Waals surface area contributed by atoms with E-state index < -0.39 is 5.97 Å². The first kappa shape index (κ1) is 17.8. The van der Waals surface area contributed by atoms with Gasteiger partial charge < -0.3 is 10.0 Å². The van der Waals surface area contributed by atoms with Gasteiger partial charge in [0.1, 0.15) is 0 Å². The summed E-state index contributed by atoms with van der Waals surface area (Å²) < 4.78 is 0. The number of carbonyl (C=O) groups is 2. The highest BCUT2D eigenvalue weighted by molar-refractivity contribution is 5.89. The molecule has 0 aromatic rings. The topological polar surface area (TPSA) is 57.6 Å². The summed E-state index contributed by atoms with van der Waals surface area (Å²) in [5.74, 6) is 0.969. The number of fused-ring (bicyclic) bond motifs is 5. The monoisotopic (exact) mass is 357 g/mol. The highest BCUT2D eigenvalue weighted by Crippen LogP contribution is 2.65. The van der Waals surface area contributed by atoms with Crippen LogP contribution in [0.25, 0.3) is 0 Å². The van der Waals surface area contributed by atoms with Crippen molar-refractivity contribution in [2.24, 2.45) is 34.5 Å². The predicted molar refractivity (Wildman–Crippen MR) is 100 cm³/mol. The lowest BCUT2D eigenvalue weighted by Crippen LogP contribution is -2.60. The number of nitrogens with zero attached hydrogens (tertiary/aromatic N) is 1. The second-order valence-electron chi connectivity index (χ2n) is 9.46. The van der Waals surface area contributed by atoms with Gasteiger partial charge in [0, 0.05) is 18.0 Å². The number of carboxylic acids is 1. The number of hydrogen-bond acceptors (Lipinski definition) is 2. The van der Waals surface area contributed by atoms with Crippen LogP contribution in [0.4, 0.5) is 0 Å². The molecule has 0 bridgehead atoms. The molecule has 1 aliphatic heterocycles. The maximum Gasteiger partial charge on any atom is 0.307 e. The van der Waals surface area contributed by atoms with Crippen LogP contribution in [0.5, 0.6) is 0 Å². The van der Waals surface area contributed by atoms with Gasteiger partial charge in [-0.1, -0.05) is 26.0 Å². The fraction of sp³-hybridized carbons (Fsp3) is 0.727. The van der Waals surface area contributed by atoms with Crippen LogP contribution >= 0.6 is 0 Å². The Labute approximate surface area is 156 Å². The lowest BCUT2D eigenvalue weighted by molar-refractivity contribution is -0.152. The minimum Gasteiger partial charge on any atom is -0.481 e. The Morgan fingerprint density at radius 1 is 1.27 bits per heavy atom. The SMILES string of the molecule is C=CCN1C(=O)C=C[C@]2(C)[C@H]3CC[C@]4(C)[C@@H](C(=O)O)CC[C@H]4[C@@H]3CC[C@@H]12. The summed E-state index contributed by atoms with van der Waals surface area (Å²) in [7, 11) is 0.